The van der Waals surface area contributed by atoms with Crippen molar-refractivity contribution in [1.82, 2.24) is 15.3 Å². The lowest BCUT2D eigenvalue weighted by atomic mass is 10.1. The van der Waals surface area contributed by atoms with E-state index in [1.807, 2.05) is 0 Å². The molecule has 0 aliphatic carbocycles. The number of hydrogen-bond acceptors (Lipinski definition) is 2. The molecular weight excluding hydrogens is 336 g/mol. The predicted octanol–water partition coefficient (Wildman–Crippen LogP) is 4.49. The highest BCUT2D eigenvalue weighted by Gasteiger charge is 2.18. The maximum absolute atomic E-state index is 14.5. The molecule has 0 bridgehead atoms. The van der Waals surface area contributed by atoms with Crippen LogP contribution in [-0.2, 0) is 0 Å². The van der Waals surface area contributed by atoms with Crippen LogP contribution < -0.4 is 5.32 Å². The summed E-state index contributed by atoms with van der Waals surface area (Å²) in [4.78, 5) is 19.7. The molecule has 4 rings (SSSR count). The van der Waals surface area contributed by atoms with Crippen LogP contribution in [0.2, 0.25) is 0 Å². The van der Waals surface area contributed by atoms with Gasteiger partial charge in [0.2, 0.25) is 0 Å². The van der Waals surface area contributed by atoms with Crippen LogP contribution in [0.4, 0.5) is 8.78 Å². The predicted molar refractivity (Wildman–Crippen MR) is 95.8 cm³/mol. The number of benzene rings is 2. The Labute approximate surface area is 147 Å². The minimum Gasteiger partial charge on any atom is -0.353 e. The fraction of sp³-hybridized carbons (Fsp3) is 0.100. The van der Waals surface area contributed by atoms with Gasteiger partial charge in [-0.3, -0.25) is 9.78 Å². The summed E-state index contributed by atoms with van der Waals surface area (Å²) in [6.45, 7) is 1.72. The molecule has 0 aliphatic heterocycles. The number of amides is 1. The van der Waals surface area contributed by atoms with Crippen molar-refractivity contribution in [2.75, 3.05) is 0 Å². The summed E-state index contributed by atoms with van der Waals surface area (Å²) >= 11 is 0. The molecule has 0 saturated heterocycles. The van der Waals surface area contributed by atoms with Crippen LogP contribution in [0.5, 0.6) is 0 Å². The normalized spacial score (nSPS) is 12.4. The number of H-pyrrole nitrogens is 1. The maximum atomic E-state index is 14.5. The third kappa shape index (κ3) is 2.79. The number of fused-ring (bicyclic) bond motifs is 3. The molecule has 1 amide bonds. The summed E-state index contributed by atoms with van der Waals surface area (Å²) in [6.07, 6.45) is 3.29. The summed E-state index contributed by atoms with van der Waals surface area (Å²) < 4.78 is 27.9. The first-order valence-corrected chi connectivity index (χ1v) is 8.14. The molecule has 1 atom stereocenters. The number of halogens is 2. The monoisotopic (exact) mass is 351 g/mol. The number of pyridine rings is 1. The second kappa shape index (κ2) is 6.22. The summed E-state index contributed by atoms with van der Waals surface area (Å²) in [7, 11) is 0. The maximum Gasteiger partial charge on any atom is 0.254 e. The number of rotatable bonds is 3. The molecular formula is C20H15F2N3O. The van der Waals surface area contributed by atoms with E-state index in [2.05, 4.69) is 15.3 Å². The molecule has 0 radical (unpaired) electrons. The van der Waals surface area contributed by atoms with Crippen LogP contribution in [0.25, 0.3) is 21.8 Å². The molecule has 0 spiro atoms. The van der Waals surface area contributed by atoms with E-state index in [1.54, 1.807) is 37.5 Å². The number of nitrogens with zero attached hydrogens (tertiary/aromatic N) is 1. The van der Waals surface area contributed by atoms with E-state index >= 15 is 0 Å². The van der Waals surface area contributed by atoms with Gasteiger partial charge in [-0.05, 0) is 42.8 Å². The fourth-order valence-electron chi connectivity index (χ4n) is 3.08. The van der Waals surface area contributed by atoms with Gasteiger partial charge in [0.05, 0.1) is 23.3 Å². The summed E-state index contributed by atoms with van der Waals surface area (Å²) in [5.41, 5.74) is 1.96. The van der Waals surface area contributed by atoms with E-state index in [0.29, 0.717) is 16.5 Å². The molecule has 2 aromatic carbocycles. The van der Waals surface area contributed by atoms with E-state index in [4.69, 9.17) is 0 Å². The average molecular weight is 351 g/mol. The van der Waals surface area contributed by atoms with Crippen LogP contribution in [0.3, 0.4) is 0 Å². The topological polar surface area (TPSA) is 57.8 Å². The minimum absolute atomic E-state index is 0.0692. The molecule has 4 aromatic rings. The summed E-state index contributed by atoms with van der Waals surface area (Å²) in [6, 6.07) is 10.1. The molecule has 2 N–H and O–H groups in total. The zero-order valence-electron chi connectivity index (χ0n) is 13.9. The lowest BCUT2D eigenvalue weighted by molar-refractivity contribution is 0.0936. The van der Waals surface area contributed by atoms with Crippen molar-refractivity contribution in [3.8, 4) is 0 Å². The van der Waals surface area contributed by atoms with E-state index in [1.165, 1.54) is 24.3 Å². The van der Waals surface area contributed by atoms with Crippen molar-refractivity contribution in [3.05, 3.63) is 77.6 Å². The number of aromatic nitrogens is 2. The molecule has 4 nitrogen and oxygen atoms in total. The van der Waals surface area contributed by atoms with Crippen LogP contribution in [0.1, 0.15) is 28.9 Å². The lowest BCUT2D eigenvalue weighted by Crippen LogP contribution is -2.27. The number of carbonyl (C=O) groups is 1. The van der Waals surface area contributed by atoms with Crippen molar-refractivity contribution in [3.63, 3.8) is 0 Å². The van der Waals surface area contributed by atoms with Crippen LogP contribution in [0, 0.1) is 11.6 Å². The fourth-order valence-corrected chi connectivity index (χ4v) is 3.08. The zero-order valence-corrected chi connectivity index (χ0v) is 13.9. The second-order valence-corrected chi connectivity index (χ2v) is 6.17. The van der Waals surface area contributed by atoms with Crippen molar-refractivity contribution >= 4 is 27.7 Å². The van der Waals surface area contributed by atoms with E-state index in [-0.39, 0.29) is 11.4 Å². The van der Waals surface area contributed by atoms with Gasteiger partial charge in [0, 0.05) is 22.5 Å². The average Bonchev–Trinajstić information content (AvgIpc) is 2.98. The van der Waals surface area contributed by atoms with Crippen molar-refractivity contribution in [2.45, 2.75) is 13.0 Å². The quantitative estimate of drug-likeness (QED) is 0.571. The first-order chi connectivity index (χ1) is 12.5. The lowest BCUT2D eigenvalue weighted by Gasteiger charge is -2.15. The first-order valence-electron chi connectivity index (χ1n) is 8.14. The largest absolute Gasteiger partial charge is 0.353 e. The van der Waals surface area contributed by atoms with Gasteiger partial charge >= 0.3 is 0 Å². The Morgan fingerprint density at radius 3 is 2.77 bits per heavy atom. The third-order valence-electron chi connectivity index (χ3n) is 4.43. The molecule has 0 aliphatic rings. The molecule has 6 heteroatoms. The second-order valence-electron chi connectivity index (χ2n) is 6.17. The number of aromatic amines is 1. The van der Waals surface area contributed by atoms with Crippen LogP contribution in [0.15, 0.2) is 54.9 Å². The third-order valence-corrected chi connectivity index (χ3v) is 4.43. The van der Waals surface area contributed by atoms with Gasteiger partial charge in [-0.25, -0.2) is 8.78 Å². The zero-order chi connectivity index (χ0) is 18.3. The molecule has 26 heavy (non-hydrogen) atoms. The van der Waals surface area contributed by atoms with E-state index < -0.39 is 17.8 Å². The molecule has 2 aromatic heterocycles. The van der Waals surface area contributed by atoms with Crippen molar-refractivity contribution in [2.24, 2.45) is 0 Å². The SMILES string of the molecule is CC(NC(=O)c1cc2[nH]c3cnccc3c2cc1F)c1cccc(F)c1. The van der Waals surface area contributed by atoms with Crippen LogP contribution in [-0.4, -0.2) is 15.9 Å². The van der Waals surface area contributed by atoms with Crippen LogP contribution >= 0.6 is 0 Å². The smallest absolute Gasteiger partial charge is 0.254 e. The molecule has 0 fully saturated rings. The van der Waals surface area contributed by atoms with Crippen molar-refractivity contribution in [1.29, 1.82) is 0 Å². The van der Waals surface area contributed by atoms with Gasteiger partial charge in [0.25, 0.3) is 5.91 Å². The van der Waals surface area contributed by atoms with Gasteiger partial charge in [-0.1, -0.05) is 12.1 Å². The number of hydrogen-bond donors (Lipinski definition) is 2. The Balaban J connectivity index is 1.68. The first kappa shape index (κ1) is 16.2. The highest BCUT2D eigenvalue weighted by atomic mass is 19.1. The Morgan fingerprint density at radius 1 is 1.12 bits per heavy atom. The van der Waals surface area contributed by atoms with Gasteiger partial charge in [0.1, 0.15) is 11.6 Å². The Hall–Kier alpha value is -3.28. The van der Waals surface area contributed by atoms with Gasteiger partial charge < -0.3 is 10.3 Å². The van der Waals surface area contributed by atoms with Crippen molar-refractivity contribution < 1.29 is 13.6 Å². The molecule has 0 saturated carbocycles. The Kier molecular flexibility index (Phi) is 3.88. The molecule has 2 heterocycles. The Morgan fingerprint density at radius 2 is 1.96 bits per heavy atom. The highest BCUT2D eigenvalue weighted by molar-refractivity contribution is 6.09. The summed E-state index contributed by atoms with van der Waals surface area (Å²) in [5.74, 6) is -1.56. The minimum atomic E-state index is -0.612. The van der Waals surface area contributed by atoms with Gasteiger partial charge in [-0.2, -0.15) is 0 Å². The number of carbonyl (C=O) groups excluding carboxylic acids is 1. The summed E-state index contributed by atoms with van der Waals surface area (Å²) in [5, 5.41) is 4.24. The standard InChI is InChI=1S/C20H15F2N3O/c1-11(12-3-2-4-13(21)7-12)24-20(26)16-9-18-15(8-17(16)22)14-5-6-23-10-19(14)25-18/h2-11,25H,1H3,(H,24,26). The van der Waals surface area contributed by atoms with E-state index in [9.17, 15) is 13.6 Å². The highest BCUT2D eigenvalue weighted by Crippen LogP contribution is 2.27. The van der Waals surface area contributed by atoms with Gasteiger partial charge in [0.15, 0.2) is 0 Å². The van der Waals surface area contributed by atoms with E-state index in [0.717, 1.165) is 10.9 Å². The Bertz CT molecular complexity index is 1140. The van der Waals surface area contributed by atoms with Gasteiger partial charge in [-0.15, -0.1) is 0 Å². The molecule has 130 valence electrons. The molecule has 1 unspecified atom stereocenters. The number of nitrogens with one attached hydrogen (secondary N) is 2.